The zero-order valence-electron chi connectivity index (χ0n) is 50.2. The molecular formula is C58H93BN9O19. The Morgan fingerprint density at radius 1 is 0.379 bits per heavy atom. The molecule has 8 atom stereocenters. The van der Waals surface area contributed by atoms with E-state index in [2.05, 4.69) is 41.8 Å². The van der Waals surface area contributed by atoms with E-state index in [-0.39, 0.29) is 67.2 Å². The smallest absolute Gasteiger partial charge is 0.450 e. The molecule has 28 nitrogen and oxygen atoms in total. The zero-order valence-corrected chi connectivity index (χ0v) is 50.2. The Morgan fingerprint density at radius 3 is 0.908 bits per heavy atom. The van der Waals surface area contributed by atoms with Crippen molar-refractivity contribution in [3.8, 4) is 0 Å². The Labute approximate surface area is 510 Å². The first kappa shape index (κ1) is 72.6. The van der Waals surface area contributed by atoms with E-state index in [4.69, 9.17) is 46.8 Å². The first-order valence-corrected chi connectivity index (χ1v) is 31.2. The number of hydrogen-bond donors (Lipinski definition) is 9. The Hall–Kier alpha value is -6.88. The minimum absolute atomic E-state index is 0.0746. The van der Waals surface area contributed by atoms with Crippen LogP contribution < -0.4 is 31.9 Å². The average molecular weight is 1230 g/mol. The summed E-state index contributed by atoms with van der Waals surface area (Å²) in [5.41, 5.74) is 0. The number of hydrogen-bond acceptors (Lipinski definition) is 20. The van der Waals surface area contributed by atoms with E-state index in [9.17, 15) is 47.9 Å². The van der Waals surface area contributed by atoms with E-state index in [0.717, 1.165) is 148 Å². The maximum atomic E-state index is 12.5. The molecule has 2 aliphatic heterocycles. The third-order valence-corrected chi connectivity index (χ3v) is 15.6. The number of hydroxylamine groups is 4. The first-order valence-electron chi connectivity index (χ1n) is 31.2. The summed E-state index contributed by atoms with van der Waals surface area (Å²) in [7, 11) is 4.70. The number of aliphatic hydroxyl groups is 3. The second kappa shape index (κ2) is 42.9. The van der Waals surface area contributed by atoms with Crippen LogP contribution in [-0.2, 0) is 47.9 Å². The number of nitrogens with one attached hydrogen (secondary N) is 6. The van der Waals surface area contributed by atoms with Crippen LogP contribution >= 0.6 is 0 Å². The number of allylic oxidation sites excluding steroid dienone is 4. The zero-order chi connectivity index (χ0) is 63.0. The van der Waals surface area contributed by atoms with E-state index >= 15 is 0 Å². The molecular weight excluding hydrogens is 1140 g/mol. The van der Waals surface area contributed by atoms with E-state index in [0.29, 0.717) is 75.6 Å². The number of alkyl carbamates (subject to hydrolysis) is 3. The fourth-order valence-electron chi connectivity index (χ4n) is 11.2. The molecule has 0 aromatic carbocycles. The predicted molar refractivity (Wildman–Crippen MR) is 312 cm³/mol. The van der Waals surface area contributed by atoms with Crippen molar-refractivity contribution in [2.45, 2.75) is 154 Å². The van der Waals surface area contributed by atoms with Crippen LogP contribution in [-0.4, -0.2) is 172 Å². The van der Waals surface area contributed by atoms with Crippen LogP contribution in [0.25, 0.3) is 0 Å². The van der Waals surface area contributed by atoms with Crippen LogP contribution in [0, 0.1) is 47.3 Å². The van der Waals surface area contributed by atoms with E-state index < -0.39 is 60.2 Å². The second-order valence-electron chi connectivity index (χ2n) is 22.1. The Bertz CT molecular complexity index is 2190. The minimum atomic E-state index is -0.798. The Kier molecular flexibility index (Phi) is 35.8. The van der Waals surface area contributed by atoms with E-state index in [1.165, 1.54) is 0 Å². The third-order valence-electron chi connectivity index (χ3n) is 15.6. The van der Waals surface area contributed by atoms with Crippen molar-refractivity contribution in [3.05, 3.63) is 24.3 Å². The van der Waals surface area contributed by atoms with Crippen molar-refractivity contribution >= 4 is 67.8 Å². The molecule has 10 amide bonds. The standard InChI is InChI=1S/C23H35N3O7.C19H36BN4O7.C16H22N2O5/c27-13-7-3-1-5-11-24-22(30)32-14-8-4-2-6-12-25-23(31)33-26-20(28)18-16-9-10-17(15-16)19(18)21(26)29;20-24-31-19(28)23-13-5-1-2-9-15-29-18(27)22-12-7-4-10-16-30-17(26)21-11-6-3-8-14-25;19-8-4-2-1-3-7-17-16(22)23-18-14(20)12-10-5-6-11(9-10)13(12)15(18)21/h9-10,16-19,27H,1-8,11-15H2,(H,24,30)(H,25,31);25H,1-16H2,(H,21,26)(H,22,27)(H,23,28);5-6,10-13,19H,1-4,7-9H2,(H,17,22). The number of rotatable bonds is 40. The van der Waals surface area contributed by atoms with Gasteiger partial charge in [0.2, 0.25) is 0 Å². The van der Waals surface area contributed by atoms with Crippen molar-refractivity contribution in [1.29, 1.82) is 0 Å². The van der Waals surface area contributed by atoms with Gasteiger partial charge in [0.15, 0.2) is 0 Å². The normalized spacial score (nSPS) is 21.2. The summed E-state index contributed by atoms with van der Waals surface area (Å²) >= 11 is 0. The molecule has 2 saturated carbocycles. The molecule has 1 radical (unpaired) electrons. The van der Waals surface area contributed by atoms with Gasteiger partial charge >= 0.3 is 108 Å². The van der Waals surface area contributed by atoms with Crippen LogP contribution in [0.5, 0.6) is 0 Å². The molecule has 2 heterocycles. The molecule has 9 N–H and O–H groups in total. The second-order valence-corrected chi connectivity index (χ2v) is 22.1. The minimum Gasteiger partial charge on any atom is -0.450 e. The number of fused-ring (bicyclic) bond motifs is 10. The van der Waals surface area contributed by atoms with Crippen LogP contribution in [0.4, 0.5) is 28.8 Å². The first-order chi connectivity index (χ1) is 42.3. The molecule has 6 aliphatic rings. The van der Waals surface area contributed by atoms with Gasteiger partial charge in [-0.3, -0.25) is 19.2 Å². The summed E-state index contributed by atoms with van der Waals surface area (Å²) in [6, 6.07) is 0. The van der Waals surface area contributed by atoms with Gasteiger partial charge in [0.25, 0.3) is 23.6 Å². The quantitative estimate of drug-likeness (QED) is 0.00902. The summed E-state index contributed by atoms with van der Waals surface area (Å²) in [6.07, 6.45) is 24.1. The SMILES string of the molecule is O=C(NCCCCCCO)OCCCCCCNC(=O)ON1C(=O)C2C3C=CC(C3)C2C1=O.O=C(NCCCCCCO)ON1C(=O)C2C3C=CC(C3)C2C1=O.[B]=NOC(=O)NCCCCCCOC(=O)NCCCCCOC(=O)NCCCCCO. The van der Waals surface area contributed by atoms with Crippen LogP contribution in [0.15, 0.2) is 29.4 Å². The fourth-order valence-corrected chi connectivity index (χ4v) is 11.2. The van der Waals surface area contributed by atoms with Gasteiger partial charge in [-0.05, 0) is 120 Å². The van der Waals surface area contributed by atoms with E-state index in [1.54, 1.807) is 0 Å². The molecule has 0 aromatic heterocycles. The summed E-state index contributed by atoms with van der Waals surface area (Å²) in [5.74, 6) is -2.75. The van der Waals surface area contributed by atoms with Crippen LogP contribution in [0.1, 0.15) is 154 Å². The number of unbranched alkanes of at least 4 members (excludes halogenated alkanes) is 16. The van der Waals surface area contributed by atoms with Crippen molar-refractivity contribution in [1.82, 2.24) is 42.0 Å². The Balaban J connectivity index is 0.000000283. The molecule has 0 spiro atoms. The summed E-state index contributed by atoms with van der Waals surface area (Å²) in [4.78, 5) is 133. The van der Waals surface area contributed by atoms with Gasteiger partial charge in [-0.15, -0.1) is 10.1 Å². The molecule has 8 unspecified atom stereocenters. The van der Waals surface area contributed by atoms with Crippen molar-refractivity contribution < 1.29 is 92.0 Å². The van der Waals surface area contributed by atoms with E-state index in [1.807, 2.05) is 24.3 Å². The number of carbonyl (C=O) groups excluding carboxylic acids is 10. The van der Waals surface area contributed by atoms with Gasteiger partial charge < -0.3 is 61.1 Å². The van der Waals surface area contributed by atoms with Crippen molar-refractivity contribution in [3.63, 3.8) is 0 Å². The molecule has 6 rings (SSSR count). The number of ether oxygens (including phenoxy) is 3. The number of amides is 10. The number of imide groups is 2. The maximum absolute atomic E-state index is 12.5. The number of carbonyl (C=O) groups is 10. The van der Waals surface area contributed by atoms with Crippen molar-refractivity contribution in [2.24, 2.45) is 52.4 Å². The van der Waals surface area contributed by atoms with Gasteiger partial charge in [0.1, 0.15) is 0 Å². The van der Waals surface area contributed by atoms with Gasteiger partial charge in [-0.25, -0.2) is 24.0 Å². The fraction of sp³-hybridized carbons (Fsp3) is 0.759. The van der Waals surface area contributed by atoms with Gasteiger partial charge in [-0.1, -0.05) is 56.4 Å². The van der Waals surface area contributed by atoms with Crippen molar-refractivity contribution in [2.75, 3.05) is 78.9 Å². The molecule has 4 fully saturated rings. The molecule has 87 heavy (non-hydrogen) atoms. The van der Waals surface area contributed by atoms with Gasteiger partial charge in [0, 0.05) is 52.5 Å². The third kappa shape index (κ3) is 26.6. The summed E-state index contributed by atoms with van der Waals surface area (Å²) in [5, 5.41) is 45.7. The molecule has 0 aromatic rings. The number of aliphatic hydroxyl groups excluding tert-OH is 3. The monoisotopic (exact) mass is 1230 g/mol. The van der Waals surface area contributed by atoms with Crippen LogP contribution in [0.2, 0.25) is 0 Å². The van der Waals surface area contributed by atoms with Gasteiger partial charge in [-0.2, -0.15) is 0 Å². The molecule has 29 heteroatoms. The molecule has 4 aliphatic carbocycles. The Morgan fingerprint density at radius 2 is 0.621 bits per heavy atom. The molecule has 487 valence electrons. The van der Waals surface area contributed by atoms with Crippen LogP contribution in [0.3, 0.4) is 0 Å². The topological polar surface area (TPSA) is 378 Å². The van der Waals surface area contributed by atoms with Gasteiger partial charge in [0.05, 0.1) is 36.9 Å². The molecule has 2 saturated heterocycles. The average Bonchev–Trinajstić information content (AvgIpc) is 1.60. The predicted octanol–water partition coefficient (Wildman–Crippen LogP) is 5.59. The summed E-state index contributed by atoms with van der Waals surface area (Å²) < 4.78 is 15.2. The number of nitrogens with zero attached hydrogens (tertiary/aromatic N) is 3. The summed E-state index contributed by atoms with van der Waals surface area (Å²) in [6.45, 7) is 4.45. The molecule has 4 bridgehead atoms.